The molecule has 16 heavy (non-hydrogen) atoms. The summed E-state index contributed by atoms with van der Waals surface area (Å²) in [6, 6.07) is 7.01. The van der Waals surface area contributed by atoms with Crippen molar-refractivity contribution in [2.75, 3.05) is 19.8 Å². The van der Waals surface area contributed by atoms with Gasteiger partial charge in [-0.1, -0.05) is 18.2 Å². The maximum absolute atomic E-state index is 5.72. The van der Waals surface area contributed by atoms with Crippen LogP contribution in [0.2, 0.25) is 0 Å². The molecule has 1 saturated heterocycles. The van der Waals surface area contributed by atoms with Gasteiger partial charge in [0.1, 0.15) is 0 Å². The van der Waals surface area contributed by atoms with E-state index in [0.29, 0.717) is 0 Å². The molecular formula is C14H19NO. The van der Waals surface area contributed by atoms with Gasteiger partial charge >= 0.3 is 0 Å². The molecule has 0 saturated carbocycles. The topological polar surface area (TPSA) is 35.2 Å². The third-order valence-electron chi connectivity index (χ3n) is 4.09. The van der Waals surface area contributed by atoms with Crippen molar-refractivity contribution >= 4 is 0 Å². The fraction of sp³-hybridized carbons (Fsp3) is 0.571. The van der Waals surface area contributed by atoms with Crippen LogP contribution < -0.4 is 5.73 Å². The van der Waals surface area contributed by atoms with Crippen molar-refractivity contribution in [1.82, 2.24) is 0 Å². The van der Waals surface area contributed by atoms with E-state index in [1.165, 1.54) is 24.8 Å². The molecule has 0 atom stereocenters. The Morgan fingerprint density at radius 1 is 1.19 bits per heavy atom. The summed E-state index contributed by atoms with van der Waals surface area (Å²) in [6.45, 7) is 2.45. The van der Waals surface area contributed by atoms with Crippen LogP contribution in [0.3, 0.4) is 0 Å². The summed E-state index contributed by atoms with van der Waals surface area (Å²) in [7, 11) is 0. The first kappa shape index (κ1) is 10.3. The van der Waals surface area contributed by atoms with Crippen LogP contribution in [-0.2, 0) is 23.0 Å². The second-order valence-corrected chi connectivity index (χ2v) is 5.15. The van der Waals surface area contributed by atoms with E-state index in [1.54, 1.807) is 11.1 Å². The van der Waals surface area contributed by atoms with Gasteiger partial charge in [0.05, 0.1) is 13.2 Å². The molecule has 1 aliphatic heterocycles. The van der Waals surface area contributed by atoms with E-state index in [0.717, 1.165) is 26.2 Å². The van der Waals surface area contributed by atoms with Crippen LogP contribution in [0.25, 0.3) is 0 Å². The summed E-state index contributed by atoms with van der Waals surface area (Å²) in [5.41, 5.74) is 10.5. The first-order valence-corrected chi connectivity index (χ1v) is 6.24. The number of hydrogen-bond acceptors (Lipinski definition) is 2. The van der Waals surface area contributed by atoms with E-state index in [4.69, 9.17) is 10.5 Å². The molecular weight excluding hydrogens is 198 g/mol. The number of nitrogens with two attached hydrogens (primary N) is 1. The monoisotopic (exact) mass is 217 g/mol. The molecule has 2 aliphatic rings. The Labute approximate surface area is 96.8 Å². The minimum Gasteiger partial charge on any atom is -0.379 e. The minimum absolute atomic E-state index is 0.229. The van der Waals surface area contributed by atoms with Crippen LogP contribution in [0.4, 0.5) is 0 Å². The van der Waals surface area contributed by atoms with Crippen molar-refractivity contribution in [2.24, 2.45) is 5.73 Å². The highest BCUT2D eigenvalue weighted by Gasteiger charge is 2.39. The summed E-state index contributed by atoms with van der Waals surface area (Å²) in [4.78, 5) is 0. The maximum Gasteiger partial charge on any atom is 0.0586 e. The first-order chi connectivity index (χ1) is 7.84. The molecule has 0 bridgehead atoms. The van der Waals surface area contributed by atoms with Gasteiger partial charge in [0.15, 0.2) is 0 Å². The Morgan fingerprint density at radius 3 is 2.69 bits per heavy atom. The normalized spacial score (nSPS) is 21.6. The van der Waals surface area contributed by atoms with Gasteiger partial charge in [0.2, 0.25) is 0 Å². The molecule has 1 aromatic carbocycles. The van der Waals surface area contributed by atoms with E-state index in [1.807, 2.05) is 0 Å². The van der Waals surface area contributed by atoms with Gasteiger partial charge in [-0.2, -0.15) is 0 Å². The smallest absolute Gasteiger partial charge is 0.0586 e. The third kappa shape index (κ3) is 1.48. The van der Waals surface area contributed by atoms with E-state index in [2.05, 4.69) is 18.2 Å². The molecule has 0 aromatic heterocycles. The highest BCUT2D eigenvalue weighted by Crippen LogP contribution is 2.37. The number of rotatable bonds is 3. The van der Waals surface area contributed by atoms with Gasteiger partial charge in [-0.15, -0.1) is 0 Å². The summed E-state index contributed by atoms with van der Waals surface area (Å²) in [5, 5.41) is 0. The molecule has 0 unspecified atom stereocenters. The lowest BCUT2D eigenvalue weighted by molar-refractivity contribution is -0.0631. The van der Waals surface area contributed by atoms with Crippen LogP contribution >= 0.6 is 0 Å². The Hall–Kier alpha value is -0.860. The average molecular weight is 217 g/mol. The molecule has 1 aromatic rings. The quantitative estimate of drug-likeness (QED) is 0.837. The van der Waals surface area contributed by atoms with Crippen molar-refractivity contribution in [2.45, 2.75) is 31.1 Å². The highest BCUT2D eigenvalue weighted by molar-refractivity contribution is 5.39. The number of aryl methyl sites for hydroxylation is 2. The van der Waals surface area contributed by atoms with Crippen LogP contribution in [0.1, 0.15) is 29.5 Å². The second kappa shape index (κ2) is 3.86. The van der Waals surface area contributed by atoms with Crippen LogP contribution in [0.15, 0.2) is 18.2 Å². The summed E-state index contributed by atoms with van der Waals surface area (Å²) >= 11 is 0. The van der Waals surface area contributed by atoms with E-state index >= 15 is 0 Å². The maximum atomic E-state index is 5.72. The SMILES string of the molecule is NCCC1(c2ccc3c(c2)CCC3)COC1. The number of benzene rings is 1. The van der Waals surface area contributed by atoms with Crippen LogP contribution in [-0.4, -0.2) is 19.8 Å². The van der Waals surface area contributed by atoms with Gasteiger partial charge < -0.3 is 10.5 Å². The molecule has 1 fully saturated rings. The molecule has 0 amide bonds. The van der Waals surface area contributed by atoms with Crippen molar-refractivity contribution in [3.63, 3.8) is 0 Å². The van der Waals surface area contributed by atoms with E-state index in [-0.39, 0.29) is 5.41 Å². The molecule has 3 rings (SSSR count). The fourth-order valence-electron chi connectivity index (χ4n) is 2.98. The van der Waals surface area contributed by atoms with Gasteiger partial charge in [-0.25, -0.2) is 0 Å². The minimum atomic E-state index is 0.229. The van der Waals surface area contributed by atoms with Gasteiger partial charge in [0, 0.05) is 5.41 Å². The Morgan fingerprint density at radius 2 is 2.00 bits per heavy atom. The summed E-state index contributed by atoms with van der Waals surface area (Å²) in [5.74, 6) is 0. The first-order valence-electron chi connectivity index (χ1n) is 6.24. The largest absolute Gasteiger partial charge is 0.379 e. The number of fused-ring (bicyclic) bond motifs is 1. The Balaban J connectivity index is 1.93. The summed E-state index contributed by atoms with van der Waals surface area (Å²) < 4.78 is 5.41. The Kier molecular flexibility index (Phi) is 2.49. The molecule has 1 heterocycles. The standard InChI is InChI=1S/C14H19NO/c15-7-6-14(9-16-10-14)13-5-4-11-2-1-3-12(11)8-13/h4-5,8H,1-3,6-7,9-10,15H2. The van der Waals surface area contributed by atoms with Gasteiger partial charge in [-0.3, -0.25) is 0 Å². The van der Waals surface area contributed by atoms with Crippen molar-refractivity contribution in [3.8, 4) is 0 Å². The zero-order valence-electron chi connectivity index (χ0n) is 9.67. The molecule has 0 radical (unpaired) electrons. The zero-order valence-corrected chi connectivity index (χ0v) is 9.67. The third-order valence-corrected chi connectivity index (χ3v) is 4.09. The lowest BCUT2D eigenvalue weighted by atomic mass is 9.75. The molecule has 2 N–H and O–H groups in total. The van der Waals surface area contributed by atoms with Gasteiger partial charge in [0.25, 0.3) is 0 Å². The summed E-state index contributed by atoms with van der Waals surface area (Å²) in [6.07, 6.45) is 4.88. The predicted octanol–water partition coefficient (Wildman–Crippen LogP) is 1.79. The van der Waals surface area contributed by atoms with Crippen molar-refractivity contribution in [3.05, 3.63) is 34.9 Å². The zero-order chi connectivity index (χ0) is 11.0. The number of ether oxygens (including phenoxy) is 1. The van der Waals surface area contributed by atoms with Crippen LogP contribution in [0, 0.1) is 0 Å². The van der Waals surface area contributed by atoms with Gasteiger partial charge in [-0.05, 0) is 48.9 Å². The molecule has 2 nitrogen and oxygen atoms in total. The lowest BCUT2D eigenvalue weighted by Crippen LogP contribution is -2.48. The number of hydrogen-bond donors (Lipinski definition) is 1. The molecule has 1 aliphatic carbocycles. The van der Waals surface area contributed by atoms with Crippen molar-refractivity contribution < 1.29 is 4.74 Å². The van der Waals surface area contributed by atoms with E-state index < -0.39 is 0 Å². The molecule has 0 spiro atoms. The molecule has 86 valence electrons. The lowest BCUT2D eigenvalue weighted by Gasteiger charge is -2.42. The molecule has 2 heteroatoms. The fourth-order valence-corrected chi connectivity index (χ4v) is 2.98. The van der Waals surface area contributed by atoms with Crippen LogP contribution in [0.5, 0.6) is 0 Å². The second-order valence-electron chi connectivity index (χ2n) is 5.15. The van der Waals surface area contributed by atoms with E-state index in [9.17, 15) is 0 Å². The highest BCUT2D eigenvalue weighted by atomic mass is 16.5. The Bertz CT molecular complexity index is 396. The predicted molar refractivity (Wildman–Crippen MR) is 64.6 cm³/mol. The average Bonchev–Trinajstić information content (AvgIpc) is 2.70. The van der Waals surface area contributed by atoms with Crippen molar-refractivity contribution in [1.29, 1.82) is 0 Å².